The zero-order chi connectivity index (χ0) is 19.1. The normalized spacial score (nSPS) is 12.5. The third-order valence-electron chi connectivity index (χ3n) is 4.01. The van der Waals surface area contributed by atoms with Crippen LogP contribution in [0.3, 0.4) is 0 Å². The molecule has 2 rings (SSSR count). The van der Waals surface area contributed by atoms with Crippen LogP contribution in [0.4, 0.5) is 4.39 Å². The van der Waals surface area contributed by atoms with E-state index in [1.165, 1.54) is 24.3 Å². The van der Waals surface area contributed by atoms with E-state index < -0.39 is 11.8 Å². The summed E-state index contributed by atoms with van der Waals surface area (Å²) in [4.78, 5) is 11.4. The van der Waals surface area contributed by atoms with Crippen molar-refractivity contribution >= 4 is 11.5 Å². The predicted octanol–water partition coefficient (Wildman–Crippen LogP) is 5.07. The number of benzene rings is 2. The van der Waals surface area contributed by atoms with Crippen molar-refractivity contribution in [2.75, 3.05) is 0 Å². The Hall–Kier alpha value is -2.82. The van der Waals surface area contributed by atoms with Gasteiger partial charge >= 0.3 is 5.97 Å². The maximum atomic E-state index is 13.6. The van der Waals surface area contributed by atoms with Crippen LogP contribution in [0.15, 0.2) is 48.5 Å². The Bertz CT molecular complexity index is 781. The second-order valence-electron chi connectivity index (χ2n) is 5.91. The van der Waals surface area contributed by atoms with Gasteiger partial charge in [0.15, 0.2) is 0 Å². The van der Waals surface area contributed by atoms with Crippen LogP contribution in [0.5, 0.6) is 11.5 Å². The summed E-state index contributed by atoms with van der Waals surface area (Å²) < 4.78 is 25.0. The van der Waals surface area contributed by atoms with Crippen molar-refractivity contribution in [3.63, 3.8) is 0 Å². The molecule has 0 fully saturated rings. The number of halogens is 1. The molecule has 1 unspecified atom stereocenters. The van der Waals surface area contributed by atoms with E-state index in [9.17, 15) is 14.3 Å². The first-order valence-corrected chi connectivity index (χ1v) is 8.52. The zero-order valence-corrected chi connectivity index (χ0v) is 15.2. The number of hydrogen-bond acceptors (Lipinski definition) is 3. The fourth-order valence-electron chi connectivity index (χ4n) is 2.43. The van der Waals surface area contributed by atoms with Crippen molar-refractivity contribution < 1.29 is 23.8 Å². The summed E-state index contributed by atoms with van der Waals surface area (Å²) in [5.41, 5.74) is 1.03. The fourth-order valence-corrected chi connectivity index (χ4v) is 2.43. The van der Waals surface area contributed by atoms with Crippen LogP contribution in [-0.2, 0) is 11.4 Å². The first-order chi connectivity index (χ1) is 12.4. The molecule has 0 aliphatic heterocycles. The van der Waals surface area contributed by atoms with Crippen LogP contribution in [0.25, 0.3) is 5.57 Å². The zero-order valence-electron chi connectivity index (χ0n) is 15.2. The molecule has 2 aromatic carbocycles. The van der Waals surface area contributed by atoms with Gasteiger partial charge in [-0.15, -0.1) is 0 Å². The molecule has 26 heavy (non-hydrogen) atoms. The van der Waals surface area contributed by atoms with Crippen molar-refractivity contribution in [2.24, 2.45) is 0 Å². The highest BCUT2D eigenvalue weighted by Gasteiger charge is 2.15. The van der Waals surface area contributed by atoms with Crippen molar-refractivity contribution in [2.45, 2.75) is 39.9 Å². The van der Waals surface area contributed by atoms with E-state index in [4.69, 9.17) is 9.47 Å². The number of carboxylic acids is 1. The molecule has 0 aromatic heterocycles. The number of rotatable bonds is 8. The fraction of sp³-hybridized carbons (Fsp3) is 0.286. The van der Waals surface area contributed by atoms with Gasteiger partial charge in [-0.25, -0.2) is 9.18 Å². The standard InChI is InChI=1S/C21H23FO4/c1-4-14(3)26-18-9-7-17(8-10-18)25-13-15-12-16(22)6-11-20(15)19(5-2)21(23)24/h5-12,14H,4,13H2,1-3H3,(H,23,24). The van der Waals surface area contributed by atoms with Crippen LogP contribution >= 0.6 is 0 Å². The summed E-state index contributed by atoms with van der Waals surface area (Å²) in [7, 11) is 0. The van der Waals surface area contributed by atoms with E-state index in [-0.39, 0.29) is 18.3 Å². The van der Waals surface area contributed by atoms with Gasteiger partial charge in [0.1, 0.15) is 23.9 Å². The van der Waals surface area contributed by atoms with Gasteiger partial charge in [-0.2, -0.15) is 0 Å². The second-order valence-corrected chi connectivity index (χ2v) is 5.91. The van der Waals surface area contributed by atoms with Crippen LogP contribution in [0, 0.1) is 5.82 Å². The molecule has 1 N–H and O–H groups in total. The van der Waals surface area contributed by atoms with Gasteiger partial charge in [0.05, 0.1) is 11.7 Å². The van der Waals surface area contributed by atoms with Gasteiger partial charge in [-0.05, 0) is 62.2 Å². The van der Waals surface area contributed by atoms with Gasteiger partial charge in [0.2, 0.25) is 0 Å². The number of carboxylic acid groups (broad SMARTS) is 1. The van der Waals surface area contributed by atoms with E-state index in [1.807, 2.05) is 19.1 Å². The minimum atomic E-state index is -1.06. The van der Waals surface area contributed by atoms with Crippen molar-refractivity contribution in [1.82, 2.24) is 0 Å². The third-order valence-corrected chi connectivity index (χ3v) is 4.01. The monoisotopic (exact) mass is 358 g/mol. The van der Waals surface area contributed by atoms with E-state index >= 15 is 0 Å². The SMILES string of the molecule is CC=C(C(=O)O)c1ccc(F)cc1COc1ccc(OC(C)CC)cc1. The van der Waals surface area contributed by atoms with Crippen molar-refractivity contribution in [3.8, 4) is 11.5 Å². The molecule has 0 saturated heterocycles. The van der Waals surface area contributed by atoms with Crippen LogP contribution < -0.4 is 9.47 Å². The van der Waals surface area contributed by atoms with Gasteiger partial charge in [-0.1, -0.05) is 19.1 Å². The highest BCUT2D eigenvalue weighted by molar-refractivity contribution is 6.15. The Morgan fingerprint density at radius 3 is 2.42 bits per heavy atom. The summed E-state index contributed by atoms with van der Waals surface area (Å²) in [6.45, 7) is 5.74. The Morgan fingerprint density at radius 2 is 1.85 bits per heavy atom. The molecule has 0 spiro atoms. The number of ether oxygens (including phenoxy) is 2. The van der Waals surface area contributed by atoms with E-state index in [0.29, 0.717) is 16.9 Å². The smallest absolute Gasteiger partial charge is 0.335 e. The lowest BCUT2D eigenvalue weighted by atomic mass is 10.00. The van der Waals surface area contributed by atoms with E-state index in [2.05, 4.69) is 6.92 Å². The molecule has 0 bridgehead atoms. The maximum Gasteiger partial charge on any atom is 0.335 e. The predicted molar refractivity (Wildman–Crippen MR) is 98.8 cm³/mol. The first kappa shape index (κ1) is 19.5. The highest BCUT2D eigenvalue weighted by Crippen LogP contribution is 2.24. The number of hydrogen-bond donors (Lipinski definition) is 1. The Balaban J connectivity index is 2.14. The lowest BCUT2D eigenvalue weighted by Gasteiger charge is -2.14. The Morgan fingerprint density at radius 1 is 1.19 bits per heavy atom. The molecule has 138 valence electrons. The Kier molecular flexibility index (Phi) is 6.78. The molecule has 2 aromatic rings. The quantitative estimate of drug-likeness (QED) is 0.669. The minimum absolute atomic E-state index is 0.0588. The highest BCUT2D eigenvalue weighted by atomic mass is 19.1. The Labute approximate surface area is 152 Å². The van der Waals surface area contributed by atoms with Gasteiger partial charge < -0.3 is 14.6 Å². The van der Waals surface area contributed by atoms with Crippen molar-refractivity contribution in [3.05, 3.63) is 65.5 Å². The summed E-state index contributed by atoms with van der Waals surface area (Å²) >= 11 is 0. The minimum Gasteiger partial charge on any atom is -0.491 e. The number of carbonyl (C=O) groups is 1. The maximum absolute atomic E-state index is 13.6. The topological polar surface area (TPSA) is 55.8 Å². The van der Waals surface area contributed by atoms with Gasteiger partial charge in [0, 0.05) is 5.56 Å². The number of allylic oxidation sites excluding steroid dienone is 1. The van der Waals surface area contributed by atoms with Gasteiger partial charge in [0.25, 0.3) is 0 Å². The average Bonchev–Trinajstić information content (AvgIpc) is 2.62. The third kappa shape index (κ3) is 5.09. The molecule has 4 nitrogen and oxygen atoms in total. The largest absolute Gasteiger partial charge is 0.491 e. The summed E-state index contributed by atoms with van der Waals surface area (Å²) in [6, 6.07) is 11.1. The summed E-state index contributed by atoms with van der Waals surface area (Å²) in [6.07, 6.45) is 2.53. The van der Waals surface area contributed by atoms with E-state index in [0.717, 1.165) is 12.2 Å². The van der Waals surface area contributed by atoms with E-state index in [1.54, 1.807) is 19.1 Å². The molecule has 1 atom stereocenters. The molecule has 0 aliphatic carbocycles. The molecular formula is C21H23FO4. The molecule has 5 heteroatoms. The molecule has 0 aliphatic rings. The summed E-state index contributed by atoms with van der Waals surface area (Å²) in [5.74, 6) is -0.160. The van der Waals surface area contributed by atoms with Crippen LogP contribution in [0.1, 0.15) is 38.3 Å². The average molecular weight is 358 g/mol. The molecule has 0 saturated carbocycles. The van der Waals surface area contributed by atoms with Gasteiger partial charge in [-0.3, -0.25) is 0 Å². The lowest BCUT2D eigenvalue weighted by Crippen LogP contribution is -2.09. The van der Waals surface area contributed by atoms with Crippen LogP contribution in [-0.4, -0.2) is 17.2 Å². The molecule has 0 heterocycles. The molecular weight excluding hydrogens is 335 g/mol. The molecule has 0 radical (unpaired) electrons. The van der Waals surface area contributed by atoms with Crippen molar-refractivity contribution in [1.29, 1.82) is 0 Å². The molecule has 0 amide bonds. The summed E-state index contributed by atoms with van der Waals surface area (Å²) in [5, 5.41) is 9.31. The number of aliphatic carboxylic acids is 1. The second kappa shape index (κ2) is 9.04. The lowest BCUT2D eigenvalue weighted by molar-refractivity contribution is -0.130. The first-order valence-electron chi connectivity index (χ1n) is 8.52. The van der Waals surface area contributed by atoms with Crippen LogP contribution in [0.2, 0.25) is 0 Å².